The highest BCUT2D eigenvalue weighted by molar-refractivity contribution is 7.25. The van der Waals surface area contributed by atoms with Crippen molar-refractivity contribution >= 4 is 113 Å². The van der Waals surface area contributed by atoms with E-state index in [2.05, 4.69) is 204 Å². The van der Waals surface area contributed by atoms with Crippen molar-refractivity contribution in [2.75, 3.05) is 4.90 Å². The first-order chi connectivity index (χ1) is 27.3. The summed E-state index contributed by atoms with van der Waals surface area (Å²) in [6.45, 7) is 0. The van der Waals surface area contributed by atoms with Crippen LogP contribution in [0.3, 0.4) is 0 Å². The molecule has 0 N–H and O–H groups in total. The highest BCUT2D eigenvalue weighted by Gasteiger charge is 2.19. The van der Waals surface area contributed by atoms with E-state index >= 15 is 0 Å². The minimum Gasteiger partial charge on any atom is -0.310 e. The van der Waals surface area contributed by atoms with Gasteiger partial charge in [0.05, 0.1) is 11.0 Å². The topological polar surface area (TPSA) is 8.17 Å². The Morgan fingerprint density at radius 1 is 0.327 bits per heavy atom. The van der Waals surface area contributed by atoms with Crippen LogP contribution >= 0.6 is 11.3 Å². The zero-order valence-corrected chi connectivity index (χ0v) is 30.6. The molecule has 2 nitrogen and oxygen atoms in total. The Bertz CT molecular complexity index is 3460. The van der Waals surface area contributed by atoms with E-state index in [9.17, 15) is 0 Å². The Morgan fingerprint density at radius 2 is 0.855 bits per heavy atom. The van der Waals surface area contributed by atoms with Crippen LogP contribution in [0.25, 0.3) is 90.8 Å². The SMILES string of the molecule is c1cc(N(c2ccc3c(ccc4ccc5ccc6ccccc6c5c43)c2)c2ccc3c(c2)sc2ccccc23)cc(-n2c3ccccc3c3ccccc32)c1. The fourth-order valence-corrected chi connectivity index (χ4v) is 10.2. The molecule has 0 saturated carbocycles. The summed E-state index contributed by atoms with van der Waals surface area (Å²) in [6.07, 6.45) is 0. The number of rotatable bonds is 4. The standard InChI is InChI=1S/C52H32N2S/c1-2-13-41-33(10-1)20-21-34-22-23-35-24-25-36-30-39(26-28-42(36)52(35)51(34)41)53(40-27-29-46-45-16-5-8-19-49(45)55-50(46)32-40)37-11-9-12-38(31-37)54-47-17-6-3-14-43(47)44-15-4-7-18-48(44)54/h1-32H. The van der Waals surface area contributed by atoms with Gasteiger partial charge in [0, 0.05) is 53.7 Å². The first kappa shape index (κ1) is 30.5. The van der Waals surface area contributed by atoms with Gasteiger partial charge in [-0.05, 0) is 104 Å². The van der Waals surface area contributed by atoms with Gasteiger partial charge in [0.1, 0.15) is 0 Å². The van der Waals surface area contributed by atoms with Crippen LogP contribution in [0.1, 0.15) is 0 Å². The van der Waals surface area contributed by atoms with E-state index in [0.717, 1.165) is 22.7 Å². The number of hydrogen-bond donors (Lipinski definition) is 0. The summed E-state index contributed by atoms with van der Waals surface area (Å²) in [5.74, 6) is 0. The van der Waals surface area contributed by atoms with Crippen LogP contribution in [0.5, 0.6) is 0 Å². The smallest absolute Gasteiger partial charge is 0.0541 e. The Morgan fingerprint density at radius 3 is 1.60 bits per heavy atom. The number of benzene rings is 10. The number of para-hydroxylation sites is 2. The van der Waals surface area contributed by atoms with Crippen LogP contribution in [-0.2, 0) is 0 Å². The molecular weight excluding hydrogens is 685 g/mol. The van der Waals surface area contributed by atoms with Gasteiger partial charge in [-0.2, -0.15) is 0 Å². The van der Waals surface area contributed by atoms with Gasteiger partial charge in [-0.25, -0.2) is 0 Å². The quantitative estimate of drug-likeness (QED) is 0.165. The molecule has 55 heavy (non-hydrogen) atoms. The Hall–Kier alpha value is -6.94. The summed E-state index contributed by atoms with van der Waals surface area (Å²) in [7, 11) is 0. The van der Waals surface area contributed by atoms with Crippen LogP contribution in [0.4, 0.5) is 17.1 Å². The lowest BCUT2D eigenvalue weighted by Crippen LogP contribution is -2.10. The maximum absolute atomic E-state index is 2.43. The van der Waals surface area contributed by atoms with E-state index in [1.54, 1.807) is 0 Å². The molecule has 12 aromatic rings. The highest BCUT2D eigenvalue weighted by atomic mass is 32.1. The minimum atomic E-state index is 1.11. The van der Waals surface area contributed by atoms with Gasteiger partial charge >= 0.3 is 0 Å². The molecule has 0 aliphatic heterocycles. The molecule has 0 unspecified atom stereocenters. The molecule has 2 aromatic heterocycles. The van der Waals surface area contributed by atoms with Crippen molar-refractivity contribution in [1.82, 2.24) is 4.57 Å². The molecule has 0 saturated heterocycles. The second kappa shape index (κ2) is 11.8. The third-order valence-electron chi connectivity index (χ3n) is 11.5. The van der Waals surface area contributed by atoms with Crippen LogP contribution in [-0.4, -0.2) is 4.57 Å². The van der Waals surface area contributed by atoms with Gasteiger partial charge in [-0.3, -0.25) is 0 Å². The molecule has 256 valence electrons. The van der Waals surface area contributed by atoms with E-state index in [1.807, 2.05) is 11.3 Å². The van der Waals surface area contributed by atoms with Gasteiger partial charge in [0.25, 0.3) is 0 Å². The number of aromatic nitrogens is 1. The number of anilines is 3. The van der Waals surface area contributed by atoms with Crippen molar-refractivity contribution in [1.29, 1.82) is 0 Å². The monoisotopic (exact) mass is 716 g/mol. The average Bonchev–Trinajstić information content (AvgIpc) is 3.79. The van der Waals surface area contributed by atoms with Crippen LogP contribution < -0.4 is 4.90 Å². The molecule has 2 heterocycles. The summed E-state index contributed by atoms with van der Waals surface area (Å²) in [5.41, 5.74) is 6.91. The van der Waals surface area contributed by atoms with Gasteiger partial charge in [0.15, 0.2) is 0 Å². The summed E-state index contributed by atoms with van der Waals surface area (Å²) >= 11 is 1.86. The summed E-state index contributed by atoms with van der Waals surface area (Å²) in [5, 5.41) is 15.3. The second-order valence-corrected chi connectivity index (χ2v) is 15.6. The third-order valence-corrected chi connectivity index (χ3v) is 12.6. The van der Waals surface area contributed by atoms with Gasteiger partial charge in [-0.1, -0.05) is 133 Å². The van der Waals surface area contributed by atoms with E-state index in [4.69, 9.17) is 0 Å². The fraction of sp³-hybridized carbons (Fsp3) is 0. The van der Waals surface area contributed by atoms with Crippen molar-refractivity contribution in [3.63, 3.8) is 0 Å². The molecule has 0 atom stereocenters. The number of thiophene rings is 1. The maximum atomic E-state index is 2.43. The molecule has 3 heteroatoms. The lowest BCUT2D eigenvalue weighted by atomic mass is 9.93. The molecule has 0 aliphatic rings. The van der Waals surface area contributed by atoms with E-state index in [-0.39, 0.29) is 0 Å². The van der Waals surface area contributed by atoms with Gasteiger partial charge in [-0.15, -0.1) is 11.3 Å². The fourth-order valence-electron chi connectivity index (χ4n) is 9.05. The Balaban J connectivity index is 1.10. The average molecular weight is 717 g/mol. The minimum absolute atomic E-state index is 1.11. The van der Waals surface area contributed by atoms with Crippen LogP contribution in [0.15, 0.2) is 194 Å². The van der Waals surface area contributed by atoms with Crippen LogP contribution in [0, 0.1) is 0 Å². The lowest BCUT2D eigenvalue weighted by molar-refractivity contribution is 1.17. The van der Waals surface area contributed by atoms with E-state index in [1.165, 1.54) is 85.1 Å². The van der Waals surface area contributed by atoms with Crippen molar-refractivity contribution < 1.29 is 0 Å². The summed E-state index contributed by atoms with van der Waals surface area (Å²) in [6, 6.07) is 71.6. The number of fused-ring (bicyclic) bond motifs is 13. The first-order valence-electron chi connectivity index (χ1n) is 18.8. The molecule has 0 amide bonds. The molecule has 10 aromatic carbocycles. The zero-order chi connectivity index (χ0) is 36.0. The van der Waals surface area contributed by atoms with E-state index in [0.29, 0.717) is 0 Å². The highest BCUT2D eigenvalue weighted by Crippen LogP contribution is 2.44. The Kier molecular flexibility index (Phi) is 6.54. The lowest BCUT2D eigenvalue weighted by Gasteiger charge is -2.27. The predicted octanol–water partition coefficient (Wildman–Crippen LogP) is 15.2. The summed E-state index contributed by atoms with van der Waals surface area (Å²) < 4.78 is 5.00. The molecule has 0 spiro atoms. The molecular formula is C52H32N2S. The first-order valence-corrected chi connectivity index (χ1v) is 19.7. The zero-order valence-electron chi connectivity index (χ0n) is 29.8. The van der Waals surface area contributed by atoms with Crippen molar-refractivity contribution in [3.05, 3.63) is 194 Å². The molecule has 0 fully saturated rings. The number of nitrogens with zero attached hydrogens (tertiary/aromatic N) is 2. The largest absolute Gasteiger partial charge is 0.310 e. The van der Waals surface area contributed by atoms with Gasteiger partial charge in [0.2, 0.25) is 0 Å². The maximum Gasteiger partial charge on any atom is 0.0541 e. The van der Waals surface area contributed by atoms with Gasteiger partial charge < -0.3 is 9.47 Å². The molecule has 0 aliphatic carbocycles. The van der Waals surface area contributed by atoms with Crippen molar-refractivity contribution in [2.45, 2.75) is 0 Å². The number of hydrogen-bond acceptors (Lipinski definition) is 2. The Labute approximate surface area is 321 Å². The van der Waals surface area contributed by atoms with Crippen molar-refractivity contribution in [2.24, 2.45) is 0 Å². The molecule has 0 radical (unpaired) electrons. The van der Waals surface area contributed by atoms with Crippen LogP contribution in [0.2, 0.25) is 0 Å². The molecule has 12 rings (SSSR count). The predicted molar refractivity (Wildman–Crippen MR) is 238 cm³/mol. The van der Waals surface area contributed by atoms with Crippen molar-refractivity contribution in [3.8, 4) is 5.69 Å². The molecule has 0 bridgehead atoms. The normalized spacial score (nSPS) is 12.0. The summed E-state index contributed by atoms with van der Waals surface area (Å²) in [4.78, 5) is 2.43. The second-order valence-electron chi connectivity index (χ2n) is 14.5. The third kappa shape index (κ3) is 4.60. The van der Waals surface area contributed by atoms with E-state index < -0.39 is 0 Å².